The zero-order valence-electron chi connectivity index (χ0n) is 11.1. The standard InChI is InChI=1S/C13H22N2O3/c1-9(2)18-12-6-4-5-11(13(12)14)15-7-10(16)8-17-3/h4-6,9-10,15-16H,7-8,14H2,1-3H3. The van der Waals surface area contributed by atoms with E-state index in [-0.39, 0.29) is 12.7 Å². The number of hydrogen-bond acceptors (Lipinski definition) is 5. The van der Waals surface area contributed by atoms with Gasteiger partial charge in [-0.25, -0.2) is 0 Å². The van der Waals surface area contributed by atoms with Gasteiger partial charge in [0.2, 0.25) is 0 Å². The predicted octanol–water partition coefficient (Wildman–Crippen LogP) is 1.48. The Hall–Kier alpha value is -1.46. The van der Waals surface area contributed by atoms with Crippen molar-refractivity contribution >= 4 is 11.4 Å². The van der Waals surface area contributed by atoms with Gasteiger partial charge in [-0.2, -0.15) is 0 Å². The molecule has 0 aromatic heterocycles. The number of benzene rings is 1. The van der Waals surface area contributed by atoms with E-state index in [4.69, 9.17) is 15.2 Å². The smallest absolute Gasteiger partial charge is 0.144 e. The number of para-hydroxylation sites is 1. The third-order valence-electron chi connectivity index (χ3n) is 2.32. The first-order valence-electron chi connectivity index (χ1n) is 6.00. The van der Waals surface area contributed by atoms with E-state index in [9.17, 15) is 5.11 Å². The molecule has 4 N–H and O–H groups in total. The van der Waals surface area contributed by atoms with Crippen molar-refractivity contribution in [2.75, 3.05) is 31.3 Å². The number of nitrogens with one attached hydrogen (secondary N) is 1. The van der Waals surface area contributed by atoms with E-state index in [1.807, 2.05) is 32.0 Å². The van der Waals surface area contributed by atoms with Crippen molar-refractivity contribution in [3.63, 3.8) is 0 Å². The molecule has 0 heterocycles. The van der Waals surface area contributed by atoms with Gasteiger partial charge in [-0.1, -0.05) is 6.07 Å². The third-order valence-corrected chi connectivity index (χ3v) is 2.32. The highest BCUT2D eigenvalue weighted by Crippen LogP contribution is 2.29. The summed E-state index contributed by atoms with van der Waals surface area (Å²) in [5.41, 5.74) is 7.30. The van der Waals surface area contributed by atoms with Gasteiger partial charge in [-0.05, 0) is 26.0 Å². The zero-order chi connectivity index (χ0) is 13.5. The number of ether oxygens (including phenoxy) is 2. The summed E-state index contributed by atoms with van der Waals surface area (Å²) in [5.74, 6) is 0.649. The number of anilines is 2. The van der Waals surface area contributed by atoms with Gasteiger partial charge in [-0.15, -0.1) is 0 Å². The second kappa shape index (κ2) is 7.08. The van der Waals surface area contributed by atoms with Crippen LogP contribution in [0, 0.1) is 0 Å². The predicted molar refractivity (Wildman–Crippen MR) is 73.0 cm³/mol. The minimum Gasteiger partial charge on any atom is -0.489 e. The first kappa shape index (κ1) is 14.6. The number of aliphatic hydroxyl groups is 1. The molecule has 0 saturated heterocycles. The van der Waals surface area contributed by atoms with Gasteiger partial charge in [0.15, 0.2) is 0 Å². The molecule has 0 radical (unpaired) electrons. The molecular formula is C13H22N2O3. The van der Waals surface area contributed by atoms with Crippen LogP contribution in [0.1, 0.15) is 13.8 Å². The van der Waals surface area contributed by atoms with Gasteiger partial charge < -0.3 is 25.6 Å². The van der Waals surface area contributed by atoms with E-state index in [0.29, 0.717) is 18.0 Å². The van der Waals surface area contributed by atoms with Crippen LogP contribution in [0.3, 0.4) is 0 Å². The fraction of sp³-hybridized carbons (Fsp3) is 0.538. The van der Waals surface area contributed by atoms with E-state index < -0.39 is 6.10 Å². The highest BCUT2D eigenvalue weighted by molar-refractivity contribution is 5.72. The van der Waals surface area contributed by atoms with E-state index in [2.05, 4.69) is 5.32 Å². The summed E-state index contributed by atoms with van der Waals surface area (Å²) in [7, 11) is 1.55. The maximum atomic E-state index is 9.56. The molecule has 1 aromatic rings. The lowest BCUT2D eigenvalue weighted by Crippen LogP contribution is -2.24. The Balaban J connectivity index is 2.65. The van der Waals surface area contributed by atoms with Crippen molar-refractivity contribution < 1.29 is 14.6 Å². The summed E-state index contributed by atoms with van der Waals surface area (Å²) < 4.78 is 10.4. The van der Waals surface area contributed by atoms with Crippen molar-refractivity contribution in [3.05, 3.63) is 18.2 Å². The Labute approximate surface area is 108 Å². The van der Waals surface area contributed by atoms with Gasteiger partial charge in [-0.3, -0.25) is 0 Å². The molecule has 1 unspecified atom stereocenters. The molecule has 1 aromatic carbocycles. The highest BCUT2D eigenvalue weighted by Gasteiger charge is 2.09. The van der Waals surface area contributed by atoms with E-state index in [1.54, 1.807) is 7.11 Å². The fourth-order valence-corrected chi connectivity index (χ4v) is 1.53. The lowest BCUT2D eigenvalue weighted by Gasteiger charge is -2.17. The summed E-state index contributed by atoms with van der Waals surface area (Å²) in [5, 5.41) is 12.6. The summed E-state index contributed by atoms with van der Waals surface area (Å²) in [6, 6.07) is 5.53. The average molecular weight is 254 g/mol. The minimum atomic E-state index is -0.566. The molecule has 0 bridgehead atoms. The Bertz CT molecular complexity index is 369. The van der Waals surface area contributed by atoms with Crippen molar-refractivity contribution in [2.45, 2.75) is 26.1 Å². The van der Waals surface area contributed by atoms with E-state index >= 15 is 0 Å². The van der Waals surface area contributed by atoms with Gasteiger partial charge in [0.05, 0.1) is 30.2 Å². The summed E-state index contributed by atoms with van der Waals surface area (Å²) >= 11 is 0. The van der Waals surface area contributed by atoms with Crippen molar-refractivity contribution in [1.82, 2.24) is 0 Å². The average Bonchev–Trinajstić information content (AvgIpc) is 2.30. The maximum Gasteiger partial charge on any atom is 0.144 e. The lowest BCUT2D eigenvalue weighted by molar-refractivity contribution is 0.0727. The van der Waals surface area contributed by atoms with Gasteiger partial charge in [0.25, 0.3) is 0 Å². The quantitative estimate of drug-likeness (QED) is 0.642. The van der Waals surface area contributed by atoms with Crippen LogP contribution in [0.15, 0.2) is 18.2 Å². The number of hydrogen-bond donors (Lipinski definition) is 3. The molecular weight excluding hydrogens is 232 g/mol. The molecule has 0 aliphatic rings. The monoisotopic (exact) mass is 254 g/mol. The SMILES string of the molecule is COCC(O)CNc1cccc(OC(C)C)c1N. The molecule has 102 valence electrons. The maximum absolute atomic E-state index is 9.56. The lowest BCUT2D eigenvalue weighted by atomic mass is 10.2. The second-order valence-electron chi connectivity index (χ2n) is 4.37. The normalized spacial score (nSPS) is 12.5. The first-order valence-corrected chi connectivity index (χ1v) is 6.00. The molecule has 0 aliphatic carbocycles. The summed E-state index contributed by atoms with van der Waals surface area (Å²) in [6.45, 7) is 4.56. The van der Waals surface area contributed by atoms with Crippen LogP contribution in [0.25, 0.3) is 0 Å². The van der Waals surface area contributed by atoms with Crippen molar-refractivity contribution in [2.24, 2.45) is 0 Å². The van der Waals surface area contributed by atoms with Crippen LogP contribution in [0.2, 0.25) is 0 Å². The fourth-order valence-electron chi connectivity index (χ4n) is 1.53. The number of rotatable bonds is 7. The third kappa shape index (κ3) is 4.43. The number of nitrogens with two attached hydrogens (primary N) is 1. The Morgan fingerprint density at radius 1 is 1.39 bits per heavy atom. The summed E-state index contributed by atoms with van der Waals surface area (Å²) in [6.07, 6.45) is -0.495. The zero-order valence-corrected chi connectivity index (χ0v) is 11.1. The van der Waals surface area contributed by atoms with Crippen LogP contribution < -0.4 is 15.8 Å². The molecule has 0 amide bonds. The van der Waals surface area contributed by atoms with Gasteiger partial charge in [0, 0.05) is 13.7 Å². The van der Waals surface area contributed by atoms with Crippen LogP contribution in [-0.2, 0) is 4.74 Å². The van der Waals surface area contributed by atoms with E-state index in [1.165, 1.54) is 0 Å². The molecule has 0 fully saturated rings. The molecule has 18 heavy (non-hydrogen) atoms. The summed E-state index contributed by atoms with van der Waals surface area (Å²) in [4.78, 5) is 0. The molecule has 0 saturated carbocycles. The molecule has 1 atom stereocenters. The number of nitrogen functional groups attached to an aromatic ring is 1. The van der Waals surface area contributed by atoms with Crippen LogP contribution in [0.4, 0.5) is 11.4 Å². The molecule has 1 rings (SSSR count). The molecule has 0 aliphatic heterocycles. The highest BCUT2D eigenvalue weighted by atomic mass is 16.5. The second-order valence-corrected chi connectivity index (χ2v) is 4.37. The van der Waals surface area contributed by atoms with E-state index in [0.717, 1.165) is 5.69 Å². The molecule has 5 heteroatoms. The van der Waals surface area contributed by atoms with Crippen LogP contribution in [-0.4, -0.2) is 37.6 Å². The Morgan fingerprint density at radius 3 is 2.72 bits per heavy atom. The first-order chi connectivity index (χ1) is 8.54. The van der Waals surface area contributed by atoms with Crippen molar-refractivity contribution in [3.8, 4) is 5.75 Å². The van der Waals surface area contributed by atoms with Crippen LogP contribution in [0.5, 0.6) is 5.75 Å². The molecule has 0 spiro atoms. The number of aliphatic hydroxyl groups excluding tert-OH is 1. The Kier molecular flexibility index (Phi) is 5.74. The largest absolute Gasteiger partial charge is 0.489 e. The van der Waals surface area contributed by atoms with Gasteiger partial charge in [0.1, 0.15) is 5.75 Å². The van der Waals surface area contributed by atoms with Crippen LogP contribution >= 0.6 is 0 Å². The van der Waals surface area contributed by atoms with Gasteiger partial charge >= 0.3 is 0 Å². The Morgan fingerprint density at radius 2 is 2.11 bits per heavy atom. The van der Waals surface area contributed by atoms with Crippen molar-refractivity contribution in [1.29, 1.82) is 0 Å². The number of methoxy groups -OCH3 is 1. The molecule has 5 nitrogen and oxygen atoms in total. The minimum absolute atomic E-state index is 0.0710. The topological polar surface area (TPSA) is 76.7 Å².